The van der Waals surface area contributed by atoms with E-state index < -0.39 is 17.5 Å². The standard InChI is InChI=1S/C20H20F2N4O/c1-11(2)26-17-9-12(7-8-16(17)25-20(26)23)14(10-18(27)24-3)13-5-4-6-15(21)19(13)22/h4-11H,1-3H3,(H2,23,25)(H,24,27)/b14-10-. The first-order valence-corrected chi connectivity index (χ1v) is 8.49. The first-order chi connectivity index (χ1) is 12.8. The van der Waals surface area contributed by atoms with Gasteiger partial charge < -0.3 is 15.6 Å². The number of rotatable bonds is 4. The highest BCUT2D eigenvalue weighted by Crippen LogP contribution is 2.31. The largest absolute Gasteiger partial charge is 0.369 e. The Hall–Kier alpha value is -3.22. The third-order valence-electron chi connectivity index (χ3n) is 4.31. The topological polar surface area (TPSA) is 72.9 Å². The normalized spacial score (nSPS) is 12.0. The van der Waals surface area contributed by atoms with Crippen molar-refractivity contribution in [3.63, 3.8) is 0 Å². The molecule has 0 aliphatic heterocycles. The summed E-state index contributed by atoms with van der Waals surface area (Å²) in [6, 6.07) is 9.16. The van der Waals surface area contributed by atoms with E-state index in [4.69, 9.17) is 5.73 Å². The van der Waals surface area contributed by atoms with Gasteiger partial charge in [-0.2, -0.15) is 0 Å². The lowest BCUT2D eigenvalue weighted by atomic mass is 9.96. The molecule has 27 heavy (non-hydrogen) atoms. The fraction of sp³-hybridized carbons (Fsp3) is 0.200. The number of carbonyl (C=O) groups excluding carboxylic acids is 1. The zero-order valence-corrected chi connectivity index (χ0v) is 15.3. The summed E-state index contributed by atoms with van der Waals surface area (Å²) in [4.78, 5) is 16.3. The maximum Gasteiger partial charge on any atom is 0.244 e. The van der Waals surface area contributed by atoms with E-state index in [-0.39, 0.29) is 17.2 Å². The van der Waals surface area contributed by atoms with Crippen molar-refractivity contribution < 1.29 is 13.6 Å². The number of benzene rings is 2. The highest BCUT2D eigenvalue weighted by molar-refractivity contribution is 6.00. The van der Waals surface area contributed by atoms with Crippen molar-refractivity contribution in [1.82, 2.24) is 14.9 Å². The maximum absolute atomic E-state index is 14.4. The minimum atomic E-state index is -1.01. The minimum absolute atomic E-state index is 0.00142. The molecule has 0 saturated heterocycles. The summed E-state index contributed by atoms with van der Waals surface area (Å²) >= 11 is 0. The molecule has 1 amide bonds. The van der Waals surface area contributed by atoms with E-state index in [1.807, 2.05) is 18.4 Å². The highest BCUT2D eigenvalue weighted by Gasteiger charge is 2.17. The predicted octanol–water partition coefficient (Wildman–Crippen LogP) is 3.66. The van der Waals surface area contributed by atoms with E-state index in [9.17, 15) is 13.6 Å². The average Bonchev–Trinajstić information content (AvgIpc) is 2.97. The molecule has 7 heteroatoms. The molecule has 3 N–H and O–H groups in total. The number of nitrogen functional groups attached to an aromatic ring is 1. The number of hydrogen-bond donors (Lipinski definition) is 2. The number of anilines is 1. The zero-order chi connectivity index (χ0) is 19.7. The van der Waals surface area contributed by atoms with Gasteiger partial charge in [0.1, 0.15) is 0 Å². The van der Waals surface area contributed by atoms with E-state index in [1.54, 1.807) is 18.2 Å². The van der Waals surface area contributed by atoms with Gasteiger partial charge in [-0.1, -0.05) is 18.2 Å². The van der Waals surface area contributed by atoms with Gasteiger partial charge in [0.2, 0.25) is 11.9 Å². The van der Waals surface area contributed by atoms with Gasteiger partial charge in [-0.3, -0.25) is 4.79 Å². The molecule has 2 aromatic carbocycles. The molecule has 0 aliphatic carbocycles. The number of halogens is 2. The quantitative estimate of drug-likeness (QED) is 0.689. The van der Waals surface area contributed by atoms with Gasteiger partial charge in [-0.25, -0.2) is 13.8 Å². The summed E-state index contributed by atoms with van der Waals surface area (Å²) in [5.74, 6) is -2.05. The van der Waals surface area contributed by atoms with Crippen LogP contribution in [0.5, 0.6) is 0 Å². The smallest absolute Gasteiger partial charge is 0.244 e. The van der Waals surface area contributed by atoms with E-state index in [0.29, 0.717) is 17.0 Å². The predicted molar refractivity (Wildman–Crippen MR) is 102 cm³/mol. The number of nitrogens with two attached hydrogens (primary N) is 1. The van der Waals surface area contributed by atoms with Crippen LogP contribution >= 0.6 is 0 Å². The molecule has 0 unspecified atom stereocenters. The number of hydrogen-bond acceptors (Lipinski definition) is 3. The fourth-order valence-corrected chi connectivity index (χ4v) is 3.05. The van der Waals surface area contributed by atoms with Crippen LogP contribution in [0.25, 0.3) is 16.6 Å². The van der Waals surface area contributed by atoms with Crippen molar-refractivity contribution in [1.29, 1.82) is 0 Å². The van der Waals surface area contributed by atoms with Crippen LogP contribution in [-0.2, 0) is 4.79 Å². The molecule has 0 radical (unpaired) electrons. The molecule has 0 aliphatic rings. The van der Waals surface area contributed by atoms with Gasteiger partial charge in [0.25, 0.3) is 0 Å². The number of carbonyl (C=O) groups is 1. The lowest BCUT2D eigenvalue weighted by Gasteiger charge is -2.13. The molecular weight excluding hydrogens is 350 g/mol. The first kappa shape index (κ1) is 18.6. The van der Waals surface area contributed by atoms with Crippen molar-refractivity contribution in [3.05, 3.63) is 65.2 Å². The molecule has 140 valence electrons. The molecular formula is C20H20F2N4O. The Morgan fingerprint density at radius 3 is 2.67 bits per heavy atom. The van der Waals surface area contributed by atoms with Gasteiger partial charge in [0.05, 0.1) is 11.0 Å². The Morgan fingerprint density at radius 2 is 2.00 bits per heavy atom. The fourth-order valence-electron chi connectivity index (χ4n) is 3.05. The molecule has 3 aromatic rings. The molecule has 0 saturated carbocycles. The van der Waals surface area contributed by atoms with Crippen molar-refractivity contribution >= 4 is 28.5 Å². The SMILES string of the molecule is CNC(=O)/C=C(/c1ccc2nc(N)n(C(C)C)c2c1)c1cccc(F)c1F. The number of fused-ring (bicyclic) bond motifs is 1. The summed E-state index contributed by atoms with van der Waals surface area (Å²) in [6.45, 7) is 3.94. The molecule has 0 bridgehead atoms. The Balaban J connectivity index is 2.27. The van der Waals surface area contributed by atoms with E-state index >= 15 is 0 Å². The Bertz CT molecular complexity index is 1050. The Morgan fingerprint density at radius 1 is 1.26 bits per heavy atom. The second-order valence-corrected chi connectivity index (χ2v) is 6.41. The van der Waals surface area contributed by atoms with Crippen molar-refractivity contribution in [2.75, 3.05) is 12.8 Å². The molecule has 0 spiro atoms. The summed E-state index contributed by atoms with van der Waals surface area (Å²) in [7, 11) is 1.47. The summed E-state index contributed by atoms with van der Waals surface area (Å²) in [6.07, 6.45) is 1.25. The summed E-state index contributed by atoms with van der Waals surface area (Å²) < 4.78 is 30.0. The zero-order valence-electron chi connectivity index (χ0n) is 15.3. The minimum Gasteiger partial charge on any atom is -0.369 e. The lowest BCUT2D eigenvalue weighted by Crippen LogP contribution is -2.15. The van der Waals surface area contributed by atoms with Gasteiger partial charge >= 0.3 is 0 Å². The molecule has 1 heterocycles. The molecule has 0 fully saturated rings. The van der Waals surface area contributed by atoms with Crippen LogP contribution in [0.1, 0.15) is 31.0 Å². The average molecular weight is 370 g/mol. The molecule has 3 rings (SSSR count). The van der Waals surface area contributed by atoms with Crippen LogP contribution in [0, 0.1) is 11.6 Å². The third kappa shape index (κ3) is 3.40. The number of amides is 1. The number of aromatic nitrogens is 2. The molecule has 1 aromatic heterocycles. The summed E-state index contributed by atoms with van der Waals surface area (Å²) in [5, 5.41) is 2.47. The van der Waals surface area contributed by atoms with Crippen molar-refractivity contribution in [3.8, 4) is 0 Å². The van der Waals surface area contributed by atoms with E-state index in [1.165, 1.54) is 25.3 Å². The third-order valence-corrected chi connectivity index (χ3v) is 4.31. The van der Waals surface area contributed by atoms with Crippen LogP contribution in [-0.4, -0.2) is 22.5 Å². The number of likely N-dealkylation sites (N-methyl/N-ethyl adjacent to an activating group) is 1. The number of imidazole rings is 1. The monoisotopic (exact) mass is 370 g/mol. The Labute approximate surface area is 155 Å². The van der Waals surface area contributed by atoms with Gasteiger partial charge in [0, 0.05) is 24.7 Å². The van der Waals surface area contributed by atoms with E-state index in [0.717, 1.165) is 11.6 Å². The van der Waals surface area contributed by atoms with Crippen LogP contribution in [0.3, 0.4) is 0 Å². The highest BCUT2D eigenvalue weighted by atomic mass is 19.2. The van der Waals surface area contributed by atoms with Crippen LogP contribution in [0.15, 0.2) is 42.5 Å². The van der Waals surface area contributed by atoms with Crippen LogP contribution in [0.4, 0.5) is 14.7 Å². The van der Waals surface area contributed by atoms with Crippen LogP contribution < -0.4 is 11.1 Å². The second kappa shape index (κ2) is 7.19. The number of nitrogens with one attached hydrogen (secondary N) is 1. The number of nitrogens with zero attached hydrogens (tertiary/aromatic N) is 2. The first-order valence-electron chi connectivity index (χ1n) is 8.49. The maximum atomic E-state index is 14.4. The van der Waals surface area contributed by atoms with Crippen molar-refractivity contribution in [2.24, 2.45) is 0 Å². The molecule has 0 atom stereocenters. The Kier molecular flexibility index (Phi) is 4.94. The van der Waals surface area contributed by atoms with Gasteiger partial charge in [0.15, 0.2) is 11.6 Å². The van der Waals surface area contributed by atoms with Crippen LogP contribution in [0.2, 0.25) is 0 Å². The summed E-state index contributed by atoms with van der Waals surface area (Å²) in [5.41, 5.74) is 8.26. The lowest BCUT2D eigenvalue weighted by molar-refractivity contribution is -0.116. The van der Waals surface area contributed by atoms with Gasteiger partial charge in [-0.15, -0.1) is 0 Å². The van der Waals surface area contributed by atoms with Gasteiger partial charge in [-0.05, 0) is 43.2 Å². The second-order valence-electron chi connectivity index (χ2n) is 6.41. The van der Waals surface area contributed by atoms with E-state index in [2.05, 4.69) is 10.3 Å². The molecule has 5 nitrogen and oxygen atoms in total. The van der Waals surface area contributed by atoms with Crippen molar-refractivity contribution in [2.45, 2.75) is 19.9 Å².